The van der Waals surface area contributed by atoms with Crippen molar-refractivity contribution in [2.75, 3.05) is 11.9 Å². The van der Waals surface area contributed by atoms with Crippen molar-refractivity contribution in [1.82, 2.24) is 0 Å². The summed E-state index contributed by atoms with van der Waals surface area (Å²) in [5.74, 6) is -1.83. The number of nitrogens with one attached hydrogen (secondary N) is 1. The van der Waals surface area contributed by atoms with Crippen LogP contribution in [0.4, 0.5) is 20.2 Å². The van der Waals surface area contributed by atoms with Gasteiger partial charge in [-0.15, -0.1) is 0 Å². The van der Waals surface area contributed by atoms with Gasteiger partial charge in [-0.05, 0) is 6.07 Å². The topological polar surface area (TPSA) is 92.5 Å². The van der Waals surface area contributed by atoms with E-state index in [9.17, 15) is 23.7 Å². The number of hydrogen-bond acceptors (Lipinski definition) is 4. The smallest absolute Gasteiger partial charge is 0.308 e. The molecule has 6 nitrogen and oxygen atoms in total. The van der Waals surface area contributed by atoms with E-state index in [2.05, 4.69) is 5.32 Å². The number of halogens is 2. The molecule has 1 aromatic rings. The summed E-state index contributed by atoms with van der Waals surface area (Å²) in [5.41, 5.74) is -0.965. The molecule has 0 saturated carbocycles. The molecule has 19 heavy (non-hydrogen) atoms. The quantitative estimate of drug-likeness (QED) is 0.614. The first-order valence-electron chi connectivity index (χ1n) is 5.36. The highest BCUT2D eigenvalue weighted by Crippen LogP contribution is 2.30. The summed E-state index contributed by atoms with van der Waals surface area (Å²) in [6.07, 6.45) is -2.89. The van der Waals surface area contributed by atoms with Crippen molar-refractivity contribution in [2.24, 2.45) is 5.92 Å². The maximum atomic E-state index is 12.8. The average molecular weight is 274 g/mol. The lowest BCUT2D eigenvalue weighted by molar-refractivity contribution is -0.385. The van der Waals surface area contributed by atoms with Crippen molar-refractivity contribution in [3.8, 4) is 0 Å². The highest BCUT2D eigenvalue weighted by atomic mass is 19.3. The Morgan fingerprint density at radius 2 is 2.16 bits per heavy atom. The highest BCUT2D eigenvalue weighted by molar-refractivity contribution is 5.70. The number of nitro groups is 1. The van der Waals surface area contributed by atoms with Crippen LogP contribution >= 0.6 is 0 Å². The van der Waals surface area contributed by atoms with E-state index in [0.717, 1.165) is 18.2 Å². The predicted octanol–water partition coefficient (Wildman–Crippen LogP) is 2.67. The number of benzene rings is 1. The predicted molar refractivity (Wildman–Crippen MR) is 63.3 cm³/mol. The van der Waals surface area contributed by atoms with Crippen molar-refractivity contribution >= 4 is 17.3 Å². The lowest BCUT2D eigenvalue weighted by atomic mass is 10.1. The van der Waals surface area contributed by atoms with Gasteiger partial charge in [-0.2, -0.15) is 0 Å². The summed E-state index contributed by atoms with van der Waals surface area (Å²) in [6, 6.07) is 3.01. The van der Waals surface area contributed by atoms with Crippen LogP contribution in [0.1, 0.15) is 18.9 Å². The van der Waals surface area contributed by atoms with Crippen LogP contribution in [0.15, 0.2) is 18.2 Å². The molecule has 1 atom stereocenters. The number of nitrogens with zero attached hydrogens (tertiary/aromatic N) is 1. The molecule has 0 fully saturated rings. The molecule has 0 aromatic heterocycles. The van der Waals surface area contributed by atoms with Crippen LogP contribution in [0, 0.1) is 16.0 Å². The molecule has 0 aliphatic heterocycles. The molecule has 104 valence electrons. The molecule has 0 saturated heterocycles. The maximum absolute atomic E-state index is 12.8. The number of hydrogen-bond donors (Lipinski definition) is 2. The third-order valence-electron chi connectivity index (χ3n) is 2.50. The Hall–Kier alpha value is -2.25. The Morgan fingerprint density at radius 1 is 1.53 bits per heavy atom. The third-order valence-corrected chi connectivity index (χ3v) is 2.50. The van der Waals surface area contributed by atoms with E-state index < -0.39 is 34.5 Å². The number of nitro benzene ring substituents is 1. The molecular formula is C11H12F2N2O4. The Labute approximate surface area is 107 Å². The van der Waals surface area contributed by atoms with Gasteiger partial charge >= 0.3 is 5.97 Å². The second kappa shape index (κ2) is 6.07. The molecule has 0 aliphatic rings. The van der Waals surface area contributed by atoms with Gasteiger partial charge in [0, 0.05) is 29.9 Å². The number of carboxylic acids is 1. The number of carbonyl (C=O) groups is 1. The zero-order chi connectivity index (χ0) is 14.6. The second-order valence-electron chi connectivity index (χ2n) is 3.95. The summed E-state index contributed by atoms with van der Waals surface area (Å²) in [4.78, 5) is 20.3. The minimum Gasteiger partial charge on any atom is -0.481 e. The van der Waals surface area contributed by atoms with E-state index in [1.165, 1.54) is 6.92 Å². The minimum absolute atomic E-state index is 0.00583. The molecule has 0 radical (unpaired) electrons. The standard InChI is InChI=1S/C11H12F2N2O4/c1-6(11(16)17)5-14-9-3-2-7(15(18)19)4-8(9)10(12)13/h2-4,6,10,14H,5H2,1H3,(H,16,17). The van der Waals surface area contributed by atoms with E-state index in [1.54, 1.807) is 0 Å². The molecule has 1 rings (SSSR count). The van der Waals surface area contributed by atoms with Gasteiger partial charge in [-0.3, -0.25) is 14.9 Å². The van der Waals surface area contributed by atoms with Crippen LogP contribution in [0.2, 0.25) is 0 Å². The summed E-state index contributed by atoms with van der Waals surface area (Å²) < 4.78 is 25.6. The number of alkyl halides is 2. The molecule has 0 spiro atoms. The van der Waals surface area contributed by atoms with Crippen LogP contribution < -0.4 is 5.32 Å². The van der Waals surface area contributed by atoms with Gasteiger partial charge in [0.15, 0.2) is 0 Å². The maximum Gasteiger partial charge on any atom is 0.308 e. The average Bonchev–Trinajstić information content (AvgIpc) is 2.35. The molecule has 2 N–H and O–H groups in total. The fourth-order valence-corrected chi connectivity index (χ4v) is 1.36. The van der Waals surface area contributed by atoms with E-state index in [1.807, 2.05) is 0 Å². The largest absolute Gasteiger partial charge is 0.481 e. The summed E-state index contributed by atoms with van der Waals surface area (Å²) in [5, 5.41) is 21.7. The molecule has 0 amide bonds. The number of aliphatic carboxylic acids is 1. The first-order valence-corrected chi connectivity index (χ1v) is 5.36. The Kier molecular flexibility index (Phi) is 4.74. The van der Waals surface area contributed by atoms with E-state index in [0.29, 0.717) is 0 Å². The highest BCUT2D eigenvalue weighted by Gasteiger charge is 2.19. The van der Waals surface area contributed by atoms with E-state index in [-0.39, 0.29) is 12.2 Å². The lowest BCUT2D eigenvalue weighted by Gasteiger charge is -2.13. The Balaban J connectivity index is 2.94. The van der Waals surface area contributed by atoms with Crippen LogP contribution in [0.25, 0.3) is 0 Å². The fourth-order valence-electron chi connectivity index (χ4n) is 1.36. The molecule has 8 heteroatoms. The van der Waals surface area contributed by atoms with Crippen molar-refractivity contribution in [3.05, 3.63) is 33.9 Å². The summed E-state index contributed by atoms with van der Waals surface area (Å²) in [6.45, 7) is 1.37. The molecule has 1 unspecified atom stereocenters. The molecular weight excluding hydrogens is 262 g/mol. The van der Waals surface area contributed by atoms with Crippen molar-refractivity contribution in [1.29, 1.82) is 0 Å². The minimum atomic E-state index is -2.89. The van der Waals surface area contributed by atoms with Gasteiger partial charge in [0.25, 0.3) is 12.1 Å². The zero-order valence-electron chi connectivity index (χ0n) is 9.97. The molecule has 1 aromatic carbocycles. The summed E-state index contributed by atoms with van der Waals surface area (Å²) >= 11 is 0. The second-order valence-corrected chi connectivity index (χ2v) is 3.95. The number of carboxylic acid groups (broad SMARTS) is 1. The molecule has 0 bridgehead atoms. The number of rotatable bonds is 6. The van der Waals surface area contributed by atoms with Crippen molar-refractivity contribution in [3.63, 3.8) is 0 Å². The van der Waals surface area contributed by atoms with Crippen LogP contribution in [0.3, 0.4) is 0 Å². The van der Waals surface area contributed by atoms with Crippen LogP contribution in [-0.4, -0.2) is 22.5 Å². The lowest BCUT2D eigenvalue weighted by Crippen LogP contribution is -2.20. The van der Waals surface area contributed by atoms with Crippen LogP contribution in [0.5, 0.6) is 0 Å². The molecule has 0 aliphatic carbocycles. The first kappa shape index (κ1) is 14.8. The van der Waals surface area contributed by atoms with Crippen LogP contribution in [-0.2, 0) is 4.79 Å². The van der Waals surface area contributed by atoms with Gasteiger partial charge in [0.05, 0.1) is 10.8 Å². The first-order chi connectivity index (χ1) is 8.82. The number of anilines is 1. The zero-order valence-corrected chi connectivity index (χ0v) is 9.97. The van der Waals surface area contributed by atoms with Gasteiger partial charge in [0.1, 0.15) is 0 Å². The summed E-state index contributed by atoms with van der Waals surface area (Å²) in [7, 11) is 0. The molecule has 0 heterocycles. The normalized spacial score (nSPS) is 12.2. The SMILES string of the molecule is CC(CNc1ccc([N+](=O)[O-])cc1C(F)F)C(=O)O. The van der Waals surface area contributed by atoms with E-state index >= 15 is 0 Å². The third kappa shape index (κ3) is 3.87. The van der Waals surface area contributed by atoms with Gasteiger partial charge in [-0.25, -0.2) is 8.78 Å². The number of non-ortho nitro benzene ring substituents is 1. The monoisotopic (exact) mass is 274 g/mol. The van der Waals surface area contributed by atoms with Crippen molar-refractivity contribution in [2.45, 2.75) is 13.3 Å². The van der Waals surface area contributed by atoms with Gasteiger partial charge < -0.3 is 10.4 Å². The van der Waals surface area contributed by atoms with Gasteiger partial charge in [0.2, 0.25) is 0 Å². The van der Waals surface area contributed by atoms with Crippen molar-refractivity contribution < 1.29 is 23.6 Å². The Morgan fingerprint density at radius 3 is 2.63 bits per heavy atom. The van der Waals surface area contributed by atoms with E-state index in [4.69, 9.17) is 5.11 Å². The Bertz CT molecular complexity index is 494. The van der Waals surface area contributed by atoms with Gasteiger partial charge in [-0.1, -0.05) is 6.92 Å². The fraction of sp³-hybridized carbons (Fsp3) is 0.364.